The molecule has 3 aromatic rings. The molecule has 0 aliphatic carbocycles. The molecule has 1 unspecified atom stereocenters. The third-order valence-corrected chi connectivity index (χ3v) is 3.87. The van der Waals surface area contributed by atoms with Gasteiger partial charge in [0.15, 0.2) is 11.6 Å². The first-order valence-corrected chi connectivity index (χ1v) is 8.07. The van der Waals surface area contributed by atoms with Crippen molar-refractivity contribution in [2.24, 2.45) is 0 Å². The van der Waals surface area contributed by atoms with Crippen LogP contribution in [0.4, 0.5) is 20.3 Å². The summed E-state index contributed by atoms with van der Waals surface area (Å²) < 4.78 is 26.2. The van der Waals surface area contributed by atoms with Crippen LogP contribution in [0.15, 0.2) is 66.9 Å². The minimum absolute atomic E-state index is 0.0313. The van der Waals surface area contributed by atoms with Gasteiger partial charge in [-0.25, -0.2) is 13.8 Å². The number of carbonyl (C=O) groups is 1. The summed E-state index contributed by atoms with van der Waals surface area (Å²) in [5, 5.41) is 5.87. The second-order valence-corrected chi connectivity index (χ2v) is 5.79. The lowest BCUT2D eigenvalue weighted by molar-refractivity contribution is 0.102. The number of rotatable bonds is 5. The number of nitrogens with zero attached hydrogens (tertiary/aromatic N) is 1. The van der Waals surface area contributed by atoms with Gasteiger partial charge in [0.05, 0.1) is 11.9 Å². The highest BCUT2D eigenvalue weighted by Gasteiger charge is 2.11. The Bertz CT molecular complexity index is 899. The molecule has 0 saturated heterocycles. The van der Waals surface area contributed by atoms with E-state index in [0.717, 1.165) is 17.7 Å². The first-order chi connectivity index (χ1) is 12.5. The summed E-state index contributed by atoms with van der Waals surface area (Å²) in [6.07, 6.45) is 1.50. The van der Waals surface area contributed by atoms with Crippen molar-refractivity contribution in [1.82, 2.24) is 4.98 Å². The van der Waals surface area contributed by atoms with E-state index in [0.29, 0.717) is 11.5 Å². The fraction of sp³-hybridized carbons (Fsp3) is 0.100. The topological polar surface area (TPSA) is 54.0 Å². The lowest BCUT2D eigenvalue weighted by Gasteiger charge is -2.15. The Balaban J connectivity index is 1.64. The summed E-state index contributed by atoms with van der Waals surface area (Å²) in [7, 11) is 0. The molecule has 0 spiro atoms. The molecule has 0 aliphatic heterocycles. The summed E-state index contributed by atoms with van der Waals surface area (Å²) in [6, 6.07) is 16.4. The Kier molecular flexibility index (Phi) is 5.22. The maximum absolute atomic E-state index is 13.2. The van der Waals surface area contributed by atoms with Crippen LogP contribution in [0.2, 0.25) is 0 Å². The predicted octanol–water partition coefficient (Wildman–Crippen LogP) is 4.79. The molecule has 1 amide bonds. The van der Waals surface area contributed by atoms with Crippen molar-refractivity contribution < 1.29 is 13.6 Å². The van der Waals surface area contributed by atoms with Gasteiger partial charge in [0.1, 0.15) is 5.82 Å². The van der Waals surface area contributed by atoms with Crippen LogP contribution in [-0.4, -0.2) is 10.9 Å². The van der Waals surface area contributed by atoms with Crippen molar-refractivity contribution in [3.8, 4) is 0 Å². The normalized spacial score (nSPS) is 11.7. The number of anilines is 2. The van der Waals surface area contributed by atoms with E-state index >= 15 is 0 Å². The van der Waals surface area contributed by atoms with Gasteiger partial charge in [-0.15, -0.1) is 0 Å². The number of nitrogens with one attached hydrogen (secondary N) is 2. The maximum atomic E-state index is 13.2. The molecule has 3 rings (SSSR count). The zero-order valence-electron chi connectivity index (χ0n) is 14.0. The summed E-state index contributed by atoms with van der Waals surface area (Å²) >= 11 is 0. The van der Waals surface area contributed by atoms with E-state index in [2.05, 4.69) is 15.6 Å². The lowest BCUT2D eigenvalue weighted by atomic mass is 10.1. The Morgan fingerprint density at radius 2 is 1.77 bits per heavy atom. The van der Waals surface area contributed by atoms with Gasteiger partial charge in [-0.2, -0.15) is 0 Å². The highest BCUT2D eigenvalue weighted by Crippen LogP contribution is 2.19. The van der Waals surface area contributed by atoms with Crippen LogP contribution < -0.4 is 10.6 Å². The van der Waals surface area contributed by atoms with Crippen molar-refractivity contribution in [2.45, 2.75) is 13.0 Å². The van der Waals surface area contributed by atoms with E-state index in [1.165, 1.54) is 12.3 Å². The molecule has 1 heterocycles. The number of amides is 1. The quantitative estimate of drug-likeness (QED) is 0.694. The third kappa shape index (κ3) is 4.22. The molecule has 1 aromatic heterocycles. The molecule has 2 N–H and O–H groups in total. The predicted molar refractivity (Wildman–Crippen MR) is 97.0 cm³/mol. The van der Waals surface area contributed by atoms with E-state index in [9.17, 15) is 13.6 Å². The zero-order chi connectivity index (χ0) is 18.5. The van der Waals surface area contributed by atoms with E-state index in [4.69, 9.17) is 0 Å². The number of hydrogen-bond donors (Lipinski definition) is 2. The highest BCUT2D eigenvalue weighted by atomic mass is 19.2. The second-order valence-electron chi connectivity index (χ2n) is 5.79. The maximum Gasteiger partial charge on any atom is 0.255 e. The molecule has 0 saturated carbocycles. The standard InChI is InChI=1S/C20H17F2N3O/c1-13(14-5-3-2-4-6-14)24-19-10-8-16(12-23-19)25-20(26)15-7-9-17(21)18(22)11-15/h2-13H,1H3,(H,23,24)(H,25,26). The average molecular weight is 353 g/mol. The molecule has 0 bridgehead atoms. The fourth-order valence-corrected chi connectivity index (χ4v) is 2.44. The SMILES string of the molecule is CC(Nc1ccc(NC(=O)c2ccc(F)c(F)c2)cn1)c1ccccc1. The molecule has 0 aliphatic rings. The molecule has 6 heteroatoms. The summed E-state index contributed by atoms with van der Waals surface area (Å²) in [5.74, 6) is -1.94. The first kappa shape index (κ1) is 17.5. The fourth-order valence-electron chi connectivity index (χ4n) is 2.44. The van der Waals surface area contributed by atoms with E-state index in [-0.39, 0.29) is 11.6 Å². The molecule has 26 heavy (non-hydrogen) atoms. The van der Waals surface area contributed by atoms with Crippen LogP contribution in [0.3, 0.4) is 0 Å². The number of aromatic nitrogens is 1. The van der Waals surface area contributed by atoms with Crippen molar-refractivity contribution in [1.29, 1.82) is 0 Å². The van der Waals surface area contributed by atoms with Crippen molar-refractivity contribution in [3.05, 3.63) is 89.6 Å². The molecule has 0 radical (unpaired) electrons. The van der Waals surface area contributed by atoms with Gasteiger partial charge in [-0.1, -0.05) is 30.3 Å². The van der Waals surface area contributed by atoms with Gasteiger partial charge < -0.3 is 10.6 Å². The van der Waals surface area contributed by atoms with Crippen LogP contribution in [0.5, 0.6) is 0 Å². The molecular weight excluding hydrogens is 336 g/mol. The monoisotopic (exact) mass is 353 g/mol. The Morgan fingerprint density at radius 3 is 2.42 bits per heavy atom. The van der Waals surface area contributed by atoms with E-state index in [1.54, 1.807) is 12.1 Å². The number of benzene rings is 2. The minimum atomic E-state index is -1.06. The van der Waals surface area contributed by atoms with Crippen LogP contribution in [-0.2, 0) is 0 Å². The van der Waals surface area contributed by atoms with Crippen molar-refractivity contribution >= 4 is 17.4 Å². The summed E-state index contributed by atoms with van der Waals surface area (Å²) in [4.78, 5) is 16.3. The lowest BCUT2D eigenvalue weighted by Crippen LogP contribution is -2.13. The zero-order valence-corrected chi connectivity index (χ0v) is 14.0. The smallest absolute Gasteiger partial charge is 0.255 e. The van der Waals surface area contributed by atoms with Gasteiger partial charge in [0, 0.05) is 11.6 Å². The second kappa shape index (κ2) is 7.74. The molecular formula is C20H17F2N3O. The van der Waals surface area contributed by atoms with E-state index < -0.39 is 17.5 Å². The average Bonchev–Trinajstić information content (AvgIpc) is 2.66. The summed E-state index contributed by atoms with van der Waals surface area (Å²) in [5.41, 5.74) is 1.62. The molecule has 2 aromatic carbocycles. The van der Waals surface area contributed by atoms with Gasteiger partial charge in [-0.3, -0.25) is 4.79 Å². The van der Waals surface area contributed by atoms with E-state index in [1.807, 2.05) is 37.3 Å². The highest BCUT2D eigenvalue weighted by molar-refractivity contribution is 6.04. The van der Waals surface area contributed by atoms with Gasteiger partial charge >= 0.3 is 0 Å². The largest absolute Gasteiger partial charge is 0.364 e. The van der Waals surface area contributed by atoms with Crippen molar-refractivity contribution in [3.63, 3.8) is 0 Å². The molecule has 0 fully saturated rings. The first-order valence-electron chi connectivity index (χ1n) is 8.07. The van der Waals surface area contributed by atoms with Gasteiger partial charge in [-0.05, 0) is 42.8 Å². The molecule has 132 valence electrons. The summed E-state index contributed by atoms with van der Waals surface area (Å²) in [6.45, 7) is 2.02. The third-order valence-electron chi connectivity index (χ3n) is 3.87. The number of carbonyl (C=O) groups excluding carboxylic acids is 1. The molecule has 1 atom stereocenters. The number of hydrogen-bond acceptors (Lipinski definition) is 3. The Morgan fingerprint density at radius 1 is 1.00 bits per heavy atom. The number of pyridine rings is 1. The number of halogens is 2. The van der Waals surface area contributed by atoms with Crippen LogP contribution in [0, 0.1) is 11.6 Å². The Hall–Kier alpha value is -3.28. The minimum Gasteiger partial charge on any atom is -0.364 e. The van der Waals surface area contributed by atoms with Crippen LogP contribution >= 0.6 is 0 Å². The van der Waals surface area contributed by atoms with Gasteiger partial charge in [0.25, 0.3) is 5.91 Å². The molecule has 4 nitrogen and oxygen atoms in total. The van der Waals surface area contributed by atoms with Gasteiger partial charge in [0.2, 0.25) is 0 Å². The Labute approximate surface area is 149 Å². The van der Waals surface area contributed by atoms with Crippen molar-refractivity contribution in [2.75, 3.05) is 10.6 Å². The van der Waals surface area contributed by atoms with Crippen LogP contribution in [0.25, 0.3) is 0 Å². The van der Waals surface area contributed by atoms with Crippen LogP contribution in [0.1, 0.15) is 28.9 Å².